The molecular formula is C28H41N3O3S. The topological polar surface area (TPSA) is 81.7 Å². The lowest BCUT2D eigenvalue weighted by molar-refractivity contribution is -0.123. The number of carbonyl (C=O) groups excluding carboxylic acids is 1. The van der Waals surface area contributed by atoms with Gasteiger partial charge in [0, 0.05) is 23.4 Å². The molecule has 192 valence electrons. The van der Waals surface area contributed by atoms with Crippen LogP contribution in [0, 0.1) is 5.92 Å². The van der Waals surface area contributed by atoms with E-state index in [4.69, 9.17) is 9.90 Å². The minimum atomic E-state index is -0.250. The zero-order valence-electron chi connectivity index (χ0n) is 21.3. The number of nitrogens with one attached hydrogen (secondary N) is 2. The Bertz CT molecular complexity index is 871. The van der Waals surface area contributed by atoms with Gasteiger partial charge in [0.15, 0.2) is 0 Å². The maximum atomic E-state index is 12.0. The van der Waals surface area contributed by atoms with Crippen molar-refractivity contribution in [3.63, 3.8) is 0 Å². The third kappa shape index (κ3) is 10.4. The highest BCUT2D eigenvalue weighted by Gasteiger charge is 2.22. The molecule has 0 spiro atoms. The molecule has 1 atom stereocenters. The Morgan fingerprint density at radius 2 is 1.83 bits per heavy atom. The van der Waals surface area contributed by atoms with Crippen LogP contribution in [-0.2, 0) is 9.59 Å². The Morgan fingerprint density at radius 1 is 1.14 bits per heavy atom. The van der Waals surface area contributed by atoms with E-state index in [9.17, 15) is 4.79 Å². The largest absolute Gasteiger partial charge is 0.483 e. The first kappa shape index (κ1) is 28.9. The molecule has 7 heteroatoms. The van der Waals surface area contributed by atoms with Crippen LogP contribution in [0.5, 0.6) is 0 Å². The highest BCUT2D eigenvalue weighted by Crippen LogP contribution is 2.30. The number of nitrogens with zero attached hydrogens (tertiary/aromatic N) is 1. The van der Waals surface area contributed by atoms with Gasteiger partial charge in [-0.05, 0) is 74.5 Å². The molecule has 1 aliphatic rings. The van der Waals surface area contributed by atoms with Crippen LogP contribution in [-0.4, -0.2) is 47.8 Å². The second-order valence-electron chi connectivity index (χ2n) is 9.21. The minimum Gasteiger partial charge on any atom is -0.483 e. The predicted molar refractivity (Wildman–Crippen MR) is 147 cm³/mol. The van der Waals surface area contributed by atoms with Gasteiger partial charge in [0.05, 0.1) is 0 Å². The minimum absolute atomic E-state index is 0.00327. The third-order valence-electron chi connectivity index (χ3n) is 6.21. The highest BCUT2D eigenvalue weighted by molar-refractivity contribution is 7.97. The van der Waals surface area contributed by atoms with E-state index in [-0.39, 0.29) is 18.3 Å². The molecule has 1 saturated heterocycles. The molecule has 0 aliphatic carbocycles. The molecular weight excluding hydrogens is 458 g/mol. The van der Waals surface area contributed by atoms with E-state index in [1.807, 2.05) is 31.9 Å². The molecule has 0 bridgehead atoms. The number of hydrogen-bond acceptors (Lipinski definition) is 5. The van der Waals surface area contributed by atoms with Crippen molar-refractivity contribution in [1.29, 1.82) is 0 Å². The van der Waals surface area contributed by atoms with E-state index in [2.05, 4.69) is 70.4 Å². The second-order valence-corrected chi connectivity index (χ2v) is 10.1. The van der Waals surface area contributed by atoms with Crippen LogP contribution in [0.25, 0.3) is 0 Å². The van der Waals surface area contributed by atoms with Crippen molar-refractivity contribution in [3.8, 4) is 0 Å². The molecule has 1 amide bonds. The first-order valence-corrected chi connectivity index (χ1v) is 13.6. The van der Waals surface area contributed by atoms with Gasteiger partial charge in [0.2, 0.25) is 5.91 Å². The van der Waals surface area contributed by atoms with Gasteiger partial charge in [-0.15, -0.1) is 0 Å². The summed E-state index contributed by atoms with van der Waals surface area (Å²) in [7, 11) is 0. The Morgan fingerprint density at radius 3 is 2.46 bits per heavy atom. The SMILES string of the molecule is CCCSNC(CCN1CCC(c2cccc(NC(=O)C(C)C)c2)CC1)c1ccccc1.O=CO. The molecule has 1 fully saturated rings. The summed E-state index contributed by atoms with van der Waals surface area (Å²) in [4.78, 5) is 23.0. The zero-order chi connectivity index (χ0) is 25.5. The van der Waals surface area contributed by atoms with Crippen LogP contribution < -0.4 is 10.0 Å². The maximum Gasteiger partial charge on any atom is 0.290 e. The summed E-state index contributed by atoms with van der Waals surface area (Å²) in [5.74, 6) is 1.79. The van der Waals surface area contributed by atoms with Gasteiger partial charge in [-0.3, -0.25) is 14.3 Å². The van der Waals surface area contributed by atoms with Crippen LogP contribution >= 0.6 is 11.9 Å². The van der Waals surface area contributed by atoms with E-state index >= 15 is 0 Å². The summed E-state index contributed by atoms with van der Waals surface area (Å²) in [5, 5.41) is 9.93. The summed E-state index contributed by atoms with van der Waals surface area (Å²) >= 11 is 1.85. The van der Waals surface area contributed by atoms with Crippen molar-refractivity contribution < 1.29 is 14.7 Å². The average Bonchev–Trinajstić information content (AvgIpc) is 2.87. The van der Waals surface area contributed by atoms with Crippen molar-refractivity contribution in [3.05, 3.63) is 65.7 Å². The van der Waals surface area contributed by atoms with Crippen LogP contribution in [0.4, 0.5) is 5.69 Å². The molecule has 0 aromatic heterocycles. The number of benzene rings is 2. The molecule has 1 unspecified atom stereocenters. The number of anilines is 1. The van der Waals surface area contributed by atoms with Gasteiger partial charge < -0.3 is 15.3 Å². The number of hydrogen-bond donors (Lipinski definition) is 3. The summed E-state index contributed by atoms with van der Waals surface area (Å²) < 4.78 is 3.70. The molecule has 6 nitrogen and oxygen atoms in total. The van der Waals surface area contributed by atoms with E-state index in [0.717, 1.165) is 37.5 Å². The fraction of sp³-hybridized carbons (Fsp3) is 0.500. The van der Waals surface area contributed by atoms with Crippen LogP contribution in [0.3, 0.4) is 0 Å². The normalized spacial score (nSPS) is 15.2. The van der Waals surface area contributed by atoms with Crippen LogP contribution in [0.2, 0.25) is 0 Å². The fourth-order valence-electron chi connectivity index (χ4n) is 4.20. The predicted octanol–water partition coefficient (Wildman–Crippen LogP) is 5.94. The van der Waals surface area contributed by atoms with Crippen molar-refractivity contribution in [2.45, 2.75) is 58.4 Å². The number of amides is 1. The molecule has 2 aromatic rings. The second kappa shape index (κ2) is 16.3. The molecule has 0 radical (unpaired) electrons. The van der Waals surface area contributed by atoms with Crippen LogP contribution in [0.15, 0.2) is 54.6 Å². The molecule has 3 N–H and O–H groups in total. The summed E-state index contributed by atoms with van der Waals surface area (Å²) in [6.45, 7) is 9.22. The summed E-state index contributed by atoms with van der Waals surface area (Å²) in [5.41, 5.74) is 3.65. The quantitative estimate of drug-likeness (QED) is 0.202. The smallest absolute Gasteiger partial charge is 0.290 e. The lowest BCUT2D eigenvalue weighted by Gasteiger charge is -2.33. The zero-order valence-corrected chi connectivity index (χ0v) is 22.1. The van der Waals surface area contributed by atoms with Gasteiger partial charge in [0.25, 0.3) is 6.47 Å². The number of carboxylic acid groups (broad SMARTS) is 1. The number of carbonyl (C=O) groups is 2. The lowest BCUT2D eigenvalue weighted by Crippen LogP contribution is -2.35. The van der Waals surface area contributed by atoms with Crippen molar-refractivity contribution in [2.75, 3.05) is 30.7 Å². The van der Waals surface area contributed by atoms with E-state index in [0.29, 0.717) is 12.0 Å². The van der Waals surface area contributed by atoms with E-state index in [1.165, 1.54) is 30.4 Å². The molecule has 2 aromatic carbocycles. The molecule has 35 heavy (non-hydrogen) atoms. The molecule has 3 rings (SSSR count). The number of piperidine rings is 1. The lowest BCUT2D eigenvalue weighted by atomic mass is 9.89. The molecule has 0 saturated carbocycles. The number of likely N-dealkylation sites (tertiary alicyclic amines) is 1. The first-order valence-electron chi connectivity index (χ1n) is 12.6. The van der Waals surface area contributed by atoms with Gasteiger partial charge in [-0.25, -0.2) is 0 Å². The van der Waals surface area contributed by atoms with Crippen molar-refractivity contribution >= 4 is 30.0 Å². The highest BCUT2D eigenvalue weighted by atomic mass is 32.2. The Balaban J connectivity index is 0.00000137. The third-order valence-corrected chi connectivity index (χ3v) is 7.27. The van der Waals surface area contributed by atoms with Gasteiger partial charge >= 0.3 is 0 Å². The standard InChI is InChI=1S/C27H39N3OS.CH2O2/c1-4-19-32-29-26(23-9-6-5-7-10-23)15-18-30-16-13-22(14-17-30)24-11-8-12-25(20-24)28-27(31)21(2)3;2-1-3/h5-12,20-22,26,29H,4,13-19H2,1-3H3,(H,28,31);1H,(H,2,3). The molecule has 1 aliphatic heterocycles. The Labute approximate surface area is 215 Å². The number of rotatable bonds is 11. The summed E-state index contributed by atoms with van der Waals surface area (Å²) in [6.07, 6.45) is 4.67. The summed E-state index contributed by atoms with van der Waals surface area (Å²) in [6, 6.07) is 19.7. The van der Waals surface area contributed by atoms with Crippen molar-refractivity contribution in [1.82, 2.24) is 9.62 Å². The van der Waals surface area contributed by atoms with Crippen molar-refractivity contribution in [2.24, 2.45) is 5.92 Å². The van der Waals surface area contributed by atoms with Gasteiger partial charge in [-0.1, -0.05) is 75.2 Å². The monoisotopic (exact) mass is 499 g/mol. The van der Waals surface area contributed by atoms with E-state index in [1.54, 1.807) is 0 Å². The average molecular weight is 500 g/mol. The fourth-order valence-corrected chi connectivity index (χ4v) is 4.98. The van der Waals surface area contributed by atoms with Gasteiger partial charge in [0.1, 0.15) is 0 Å². The van der Waals surface area contributed by atoms with E-state index < -0.39 is 0 Å². The maximum absolute atomic E-state index is 12.0. The van der Waals surface area contributed by atoms with Crippen LogP contribution in [0.1, 0.15) is 69.5 Å². The first-order chi connectivity index (χ1) is 17.0. The molecule has 1 heterocycles. The Kier molecular flexibility index (Phi) is 13.5. The van der Waals surface area contributed by atoms with Gasteiger partial charge in [-0.2, -0.15) is 0 Å². The Hall–Kier alpha value is -2.35.